The minimum atomic E-state index is -0.413. The van der Waals surface area contributed by atoms with Crippen molar-refractivity contribution in [3.63, 3.8) is 0 Å². The van der Waals surface area contributed by atoms with E-state index in [4.69, 9.17) is 32.5 Å². The summed E-state index contributed by atoms with van der Waals surface area (Å²) in [5.74, 6) is -0.0176. The number of halogens is 2. The maximum absolute atomic E-state index is 12.8. The quantitative estimate of drug-likeness (QED) is 0.674. The molecule has 1 saturated carbocycles. The minimum Gasteiger partial charge on any atom is -0.469 e. The van der Waals surface area contributed by atoms with Crippen molar-refractivity contribution in [1.29, 1.82) is 0 Å². The number of rotatable bonds is 6. The van der Waals surface area contributed by atoms with Crippen molar-refractivity contribution < 1.29 is 18.8 Å². The molecule has 2 aromatic rings. The molecule has 1 aliphatic carbocycles. The van der Waals surface area contributed by atoms with Crippen LogP contribution in [0.4, 0.5) is 0 Å². The molecule has 1 aromatic carbocycles. The Kier molecular flexibility index (Phi) is 6.32. The van der Waals surface area contributed by atoms with E-state index in [2.05, 4.69) is 15.4 Å². The van der Waals surface area contributed by atoms with Gasteiger partial charge in [0.2, 0.25) is 0 Å². The number of carbonyl (C=O) groups excluding carboxylic acids is 2. The van der Waals surface area contributed by atoms with Crippen LogP contribution in [0.15, 0.2) is 28.8 Å². The summed E-state index contributed by atoms with van der Waals surface area (Å²) in [6.07, 6.45) is 3.18. The molecule has 0 radical (unpaired) electrons. The monoisotopic (exact) mass is 451 g/mol. The number of amides is 1. The molecular formula is C21H23Cl2N3O4. The van der Waals surface area contributed by atoms with Crippen LogP contribution in [-0.2, 0) is 9.53 Å². The van der Waals surface area contributed by atoms with Gasteiger partial charge < -0.3 is 19.5 Å². The van der Waals surface area contributed by atoms with Gasteiger partial charge in [-0.2, -0.15) is 0 Å². The van der Waals surface area contributed by atoms with Crippen LogP contribution in [0.5, 0.6) is 0 Å². The lowest BCUT2D eigenvalue weighted by atomic mass is 9.91. The Morgan fingerprint density at radius 3 is 2.77 bits per heavy atom. The Bertz CT molecular complexity index is 944. The number of aromatic nitrogens is 1. The first-order chi connectivity index (χ1) is 14.4. The molecule has 0 bridgehead atoms. The highest BCUT2D eigenvalue weighted by molar-refractivity contribution is 6.36. The van der Waals surface area contributed by atoms with Gasteiger partial charge in [0.05, 0.1) is 18.1 Å². The topological polar surface area (TPSA) is 84.7 Å². The van der Waals surface area contributed by atoms with E-state index >= 15 is 0 Å². The van der Waals surface area contributed by atoms with Crippen LogP contribution in [0, 0.1) is 11.8 Å². The molecule has 2 atom stereocenters. The normalized spacial score (nSPS) is 22.0. The summed E-state index contributed by atoms with van der Waals surface area (Å²) in [6, 6.07) is 6.19. The van der Waals surface area contributed by atoms with Crippen LogP contribution in [0.1, 0.15) is 29.8 Å². The molecule has 2 fully saturated rings. The zero-order valence-corrected chi connectivity index (χ0v) is 18.1. The molecule has 1 N–H and O–H groups in total. The smallest absolute Gasteiger partial charge is 0.312 e. The highest BCUT2D eigenvalue weighted by atomic mass is 35.5. The molecule has 160 valence electrons. The number of nitrogens with zero attached hydrogens (tertiary/aromatic N) is 2. The van der Waals surface area contributed by atoms with Crippen molar-refractivity contribution in [2.75, 3.05) is 26.7 Å². The van der Waals surface area contributed by atoms with Gasteiger partial charge >= 0.3 is 5.97 Å². The Morgan fingerprint density at radius 1 is 1.27 bits per heavy atom. The van der Waals surface area contributed by atoms with Crippen LogP contribution in [0.2, 0.25) is 10.0 Å². The second kappa shape index (κ2) is 8.96. The molecular weight excluding hydrogens is 429 g/mol. The number of methoxy groups -OCH3 is 1. The molecule has 1 saturated heterocycles. The van der Waals surface area contributed by atoms with E-state index in [-0.39, 0.29) is 17.7 Å². The van der Waals surface area contributed by atoms with Gasteiger partial charge in [0.25, 0.3) is 5.91 Å². The first kappa shape index (κ1) is 21.2. The molecule has 9 heteroatoms. The lowest BCUT2D eigenvalue weighted by Crippen LogP contribution is -2.54. The van der Waals surface area contributed by atoms with Gasteiger partial charge in [-0.3, -0.25) is 9.59 Å². The average molecular weight is 452 g/mol. The van der Waals surface area contributed by atoms with Crippen molar-refractivity contribution in [3.05, 3.63) is 40.0 Å². The molecule has 7 nitrogen and oxygen atoms in total. The van der Waals surface area contributed by atoms with Crippen LogP contribution in [-0.4, -0.2) is 54.7 Å². The summed E-state index contributed by atoms with van der Waals surface area (Å²) >= 11 is 12.1. The fraction of sp³-hybridized carbons (Fsp3) is 0.476. The number of nitrogens with one attached hydrogen (secondary N) is 1. The van der Waals surface area contributed by atoms with Crippen molar-refractivity contribution >= 4 is 35.1 Å². The van der Waals surface area contributed by atoms with Crippen LogP contribution < -0.4 is 5.32 Å². The van der Waals surface area contributed by atoms with Crippen LogP contribution >= 0.6 is 23.2 Å². The van der Waals surface area contributed by atoms with Crippen molar-refractivity contribution in [1.82, 2.24) is 15.4 Å². The zero-order chi connectivity index (χ0) is 21.3. The number of hydrogen-bond donors (Lipinski definition) is 1. The Balaban J connectivity index is 1.44. The molecule has 1 aliphatic heterocycles. The minimum absolute atomic E-state index is 0.125. The van der Waals surface area contributed by atoms with Crippen molar-refractivity contribution in [2.45, 2.75) is 25.3 Å². The summed E-state index contributed by atoms with van der Waals surface area (Å²) in [6.45, 7) is 2.42. The highest BCUT2D eigenvalue weighted by Crippen LogP contribution is 2.32. The molecule has 2 aliphatic rings. The van der Waals surface area contributed by atoms with E-state index in [1.807, 2.05) is 0 Å². The Morgan fingerprint density at radius 2 is 2.07 bits per heavy atom. The number of carbonyl (C=O) groups is 2. The Labute approximate surface area is 184 Å². The van der Waals surface area contributed by atoms with E-state index in [0.29, 0.717) is 34.3 Å². The first-order valence-corrected chi connectivity index (χ1v) is 10.7. The van der Waals surface area contributed by atoms with Crippen molar-refractivity contribution in [2.24, 2.45) is 11.8 Å². The van der Waals surface area contributed by atoms with Gasteiger partial charge in [-0.1, -0.05) is 28.4 Å². The summed E-state index contributed by atoms with van der Waals surface area (Å²) in [4.78, 5) is 27.4. The maximum Gasteiger partial charge on any atom is 0.312 e. The number of piperidine rings is 1. The third-order valence-electron chi connectivity index (χ3n) is 5.67. The van der Waals surface area contributed by atoms with Gasteiger partial charge in [-0.05, 0) is 43.4 Å². The lowest BCUT2D eigenvalue weighted by molar-refractivity contribution is -0.148. The van der Waals surface area contributed by atoms with Gasteiger partial charge in [0, 0.05) is 42.3 Å². The number of hydrogen-bond acceptors (Lipinski definition) is 6. The lowest BCUT2D eigenvalue weighted by Gasteiger charge is -2.37. The fourth-order valence-corrected chi connectivity index (χ4v) is 4.36. The fourth-order valence-electron chi connectivity index (χ4n) is 3.85. The Hall–Kier alpha value is -2.09. The second-order valence-electron chi connectivity index (χ2n) is 7.90. The van der Waals surface area contributed by atoms with Gasteiger partial charge in [0.15, 0.2) is 11.5 Å². The maximum atomic E-state index is 12.8. The number of likely N-dealkylation sites (tertiary alicyclic amines) is 1. The molecule has 30 heavy (non-hydrogen) atoms. The second-order valence-corrected chi connectivity index (χ2v) is 8.75. The predicted octanol–water partition coefficient (Wildman–Crippen LogP) is 3.65. The largest absolute Gasteiger partial charge is 0.469 e. The van der Waals surface area contributed by atoms with E-state index in [1.54, 1.807) is 18.2 Å². The molecule has 0 unspecified atom stereocenters. The van der Waals surface area contributed by atoms with E-state index in [1.165, 1.54) is 26.0 Å². The number of ether oxygens (including phenoxy) is 1. The third kappa shape index (κ3) is 4.79. The number of benzene rings is 1. The molecule has 4 rings (SSSR count). The van der Waals surface area contributed by atoms with E-state index < -0.39 is 11.8 Å². The standard InChI is InChI=1S/C21H23Cl2N3O4/c1-29-21(28)15-11-26(10-12-2-3-12)7-6-17(15)24-20(27)18-9-19(30-25-18)14-5-4-13(22)8-16(14)23/h4-5,8-9,12,15,17H,2-3,6-7,10-11H2,1H3,(H,24,27)/t15-,17-/m1/s1. The molecule has 0 spiro atoms. The summed E-state index contributed by atoms with van der Waals surface area (Å²) in [5, 5.41) is 7.71. The van der Waals surface area contributed by atoms with Crippen LogP contribution in [0.25, 0.3) is 11.3 Å². The van der Waals surface area contributed by atoms with E-state index in [0.717, 1.165) is 19.0 Å². The molecule has 2 heterocycles. The summed E-state index contributed by atoms with van der Waals surface area (Å²) < 4.78 is 10.3. The first-order valence-electron chi connectivity index (χ1n) is 9.97. The number of esters is 1. The zero-order valence-electron chi connectivity index (χ0n) is 16.6. The third-order valence-corrected chi connectivity index (χ3v) is 6.22. The van der Waals surface area contributed by atoms with Gasteiger partial charge in [0.1, 0.15) is 0 Å². The van der Waals surface area contributed by atoms with Crippen molar-refractivity contribution in [3.8, 4) is 11.3 Å². The van der Waals surface area contributed by atoms with Crippen LogP contribution in [0.3, 0.4) is 0 Å². The summed E-state index contributed by atoms with van der Waals surface area (Å²) in [7, 11) is 1.38. The molecule has 1 amide bonds. The SMILES string of the molecule is COC(=O)[C@@H]1CN(CC2CC2)CC[C@H]1NC(=O)c1cc(-c2ccc(Cl)cc2Cl)on1. The van der Waals surface area contributed by atoms with Gasteiger partial charge in [-0.25, -0.2) is 0 Å². The predicted molar refractivity (Wildman–Crippen MR) is 113 cm³/mol. The van der Waals surface area contributed by atoms with Gasteiger partial charge in [-0.15, -0.1) is 0 Å². The average Bonchev–Trinajstić information content (AvgIpc) is 3.40. The highest BCUT2D eigenvalue weighted by Gasteiger charge is 2.38. The van der Waals surface area contributed by atoms with E-state index in [9.17, 15) is 9.59 Å². The summed E-state index contributed by atoms with van der Waals surface area (Å²) in [5.41, 5.74) is 0.716. The molecule has 1 aromatic heterocycles.